The van der Waals surface area contributed by atoms with E-state index in [2.05, 4.69) is 21.2 Å². The molecule has 0 aliphatic carbocycles. The molecule has 4 amide bonds. The van der Waals surface area contributed by atoms with Crippen LogP contribution in [0.25, 0.3) is 6.08 Å². The summed E-state index contributed by atoms with van der Waals surface area (Å²) in [6, 6.07) is 6.65. The molecule has 0 bridgehead atoms. The van der Waals surface area contributed by atoms with Crippen LogP contribution in [0, 0.1) is 0 Å². The van der Waals surface area contributed by atoms with Crippen molar-refractivity contribution in [2.45, 2.75) is 0 Å². The van der Waals surface area contributed by atoms with Crippen molar-refractivity contribution in [3.8, 4) is 23.0 Å². The number of halogens is 1. The topological polar surface area (TPSA) is 114 Å². The number of hydrogen-bond acceptors (Lipinski definition) is 7. The number of phenolic OH excluding ortho intramolecular Hbond substituents is 1. The fourth-order valence-corrected chi connectivity index (χ4v) is 3.38. The molecule has 1 fully saturated rings. The number of aromatic hydroxyl groups is 1. The van der Waals surface area contributed by atoms with Crippen molar-refractivity contribution in [2.24, 2.45) is 0 Å². The molecule has 0 atom stereocenters. The molecule has 0 radical (unpaired) electrons. The van der Waals surface area contributed by atoms with Gasteiger partial charge in [-0.15, -0.1) is 0 Å². The number of imide groups is 2. The number of benzene rings is 2. The number of amides is 4. The van der Waals surface area contributed by atoms with Gasteiger partial charge < -0.3 is 19.3 Å². The number of hydrogen-bond donors (Lipinski definition) is 2. The first kappa shape index (κ1) is 18.8. The van der Waals surface area contributed by atoms with Gasteiger partial charge in [-0.1, -0.05) is 0 Å². The fourth-order valence-electron chi connectivity index (χ4n) is 2.92. The van der Waals surface area contributed by atoms with Gasteiger partial charge in [-0.05, 0) is 51.8 Å². The highest BCUT2D eigenvalue weighted by atomic mass is 79.9. The van der Waals surface area contributed by atoms with E-state index in [1.54, 1.807) is 6.07 Å². The lowest BCUT2D eigenvalue weighted by atomic mass is 10.1. The number of barbiturate groups is 1. The molecule has 9 nitrogen and oxygen atoms in total. The number of ether oxygens (including phenoxy) is 3. The lowest BCUT2D eigenvalue weighted by Crippen LogP contribution is -2.54. The largest absolute Gasteiger partial charge is 0.503 e. The van der Waals surface area contributed by atoms with E-state index in [1.165, 1.54) is 37.5 Å². The number of carbonyl (C=O) groups is 3. The summed E-state index contributed by atoms with van der Waals surface area (Å²) in [6.45, 7) is 0.0418. The maximum absolute atomic E-state index is 13.0. The van der Waals surface area contributed by atoms with Crippen LogP contribution in [0.15, 0.2) is 40.4 Å². The van der Waals surface area contributed by atoms with Crippen molar-refractivity contribution in [1.82, 2.24) is 5.32 Å². The molecule has 2 aromatic rings. The number of carbonyl (C=O) groups excluding carboxylic acids is 3. The Morgan fingerprint density at radius 1 is 1.17 bits per heavy atom. The molecule has 2 heterocycles. The minimum Gasteiger partial charge on any atom is -0.503 e. The van der Waals surface area contributed by atoms with Gasteiger partial charge in [0.25, 0.3) is 11.8 Å². The Labute approximate surface area is 172 Å². The molecule has 2 aromatic carbocycles. The van der Waals surface area contributed by atoms with Crippen LogP contribution in [-0.4, -0.2) is 36.9 Å². The lowest BCUT2D eigenvalue weighted by Gasteiger charge is -2.26. The Hall–Kier alpha value is -3.53. The van der Waals surface area contributed by atoms with Gasteiger partial charge in [0, 0.05) is 6.07 Å². The molecular formula is C19H13BrN2O7. The second-order valence-corrected chi connectivity index (χ2v) is 6.90. The van der Waals surface area contributed by atoms with E-state index in [4.69, 9.17) is 14.2 Å². The first-order chi connectivity index (χ1) is 13.9. The molecule has 29 heavy (non-hydrogen) atoms. The number of anilines is 1. The van der Waals surface area contributed by atoms with Gasteiger partial charge in [-0.3, -0.25) is 14.9 Å². The molecule has 0 unspecified atom stereocenters. The molecule has 0 spiro atoms. The van der Waals surface area contributed by atoms with E-state index >= 15 is 0 Å². The summed E-state index contributed by atoms with van der Waals surface area (Å²) >= 11 is 3.18. The van der Waals surface area contributed by atoms with Crippen molar-refractivity contribution in [3.63, 3.8) is 0 Å². The van der Waals surface area contributed by atoms with Crippen LogP contribution in [0.1, 0.15) is 5.56 Å². The summed E-state index contributed by atoms with van der Waals surface area (Å²) in [6.07, 6.45) is 1.30. The Balaban J connectivity index is 1.74. The number of fused-ring (bicyclic) bond motifs is 1. The normalized spacial score (nSPS) is 17.0. The Bertz CT molecular complexity index is 1100. The third kappa shape index (κ3) is 3.27. The van der Waals surface area contributed by atoms with E-state index in [9.17, 15) is 19.5 Å². The highest BCUT2D eigenvalue weighted by Crippen LogP contribution is 2.38. The first-order valence-corrected chi connectivity index (χ1v) is 9.06. The lowest BCUT2D eigenvalue weighted by molar-refractivity contribution is -0.122. The number of nitrogens with one attached hydrogen (secondary N) is 1. The maximum atomic E-state index is 13.0. The predicted molar refractivity (Wildman–Crippen MR) is 104 cm³/mol. The third-order valence-corrected chi connectivity index (χ3v) is 4.90. The number of urea groups is 1. The quantitative estimate of drug-likeness (QED) is 0.534. The zero-order chi connectivity index (χ0) is 20.7. The zero-order valence-electron chi connectivity index (χ0n) is 14.9. The van der Waals surface area contributed by atoms with E-state index in [-0.39, 0.29) is 29.6 Å². The number of rotatable bonds is 3. The monoisotopic (exact) mass is 460 g/mol. The molecule has 0 saturated carbocycles. The molecular weight excluding hydrogens is 448 g/mol. The average molecular weight is 461 g/mol. The first-order valence-electron chi connectivity index (χ1n) is 8.26. The molecule has 2 aliphatic rings. The number of methoxy groups -OCH3 is 1. The molecule has 2 aliphatic heterocycles. The van der Waals surface area contributed by atoms with Gasteiger partial charge in [0.05, 0.1) is 17.3 Å². The minimum absolute atomic E-state index is 0.0418. The fraction of sp³-hybridized carbons (Fsp3) is 0.105. The highest BCUT2D eigenvalue weighted by molar-refractivity contribution is 9.10. The van der Waals surface area contributed by atoms with Gasteiger partial charge >= 0.3 is 6.03 Å². The second kappa shape index (κ2) is 7.13. The molecule has 1 saturated heterocycles. The Morgan fingerprint density at radius 2 is 1.93 bits per heavy atom. The van der Waals surface area contributed by atoms with Crippen LogP contribution in [0.2, 0.25) is 0 Å². The van der Waals surface area contributed by atoms with Crippen molar-refractivity contribution < 1.29 is 33.7 Å². The SMILES string of the molecule is COc1cc(/C=C2\C(=O)NC(=O)N(c3ccc4c(c3)OCO4)C2=O)cc(Br)c1O. The summed E-state index contributed by atoms with van der Waals surface area (Å²) in [5.74, 6) is -0.727. The van der Waals surface area contributed by atoms with Gasteiger partial charge in [-0.25, -0.2) is 9.69 Å². The Kier molecular flexibility index (Phi) is 4.63. The van der Waals surface area contributed by atoms with Gasteiger partial charge in [-0.2, -0.15) is 0 Å². The minimum atomic E-state index is -0.875. The zero-order valence-corrected chi connectivity index (χ0v) is 16.5. The summed E-state index contributed by atoms with van der Waals surface area (Å²) in [5, 5.41) is 12.1. The molecule has 10 heteroatoms. The predicted octanol–water partition coefficient (Wildman–Crippen LogP) is 2.56. The van der Waals surface area contributed by atoms with Gasteiger partial charge in [0.15, 0.2) is 23.0 Å². The molecule has 0 aromatic heterocycles. The molecule has 2 N–H and O–H groups in total. The molecule has 4 rings (SSSR count). The van der Waals surface area contributed by atoms with Crippen LogP contribution in [0.3, 0.4) is 0 Å². The standard InChI is InChI=1S/C19H13BrN2O7/c1-27-15-6-9(5-12(20)16(15)23)4-11-17(24)21-19(26)22(18(11)25)10-2-3-13-14(7-10)29-8-28-13/h2-7,23H,8H2,1H3,(H,21,24,26)/b11-4+. The van der Waals surface area contributed by atoms with E-state index in [0.717, 1.165) is 4.90 Å². The van der Waals surface area contributed by atoms with Crippen molar-refractivity contribution in [3.05, 3.63) is 45.9 Å². The smallest absolute Gasteiger partial charge is 0.335 e. The molecule has 148 valence electrons. The van der Waals surface area contributed by atoms with Crippen LogP contribution >= 0.6 is 15.9 Å². The van der Waals surface area contributed by atoms with Crippen LogP contribution in [-0.2, 0) is 9.59 Å². The average Bonchev–Trinajstić information content (AvgIpc) is 3.15. The van der Waals surface area contributed by atoms with Crippen LogP contribution in [0.5, 0.6) is 23.0 Å². The van der Waals surface area contributed by atoms with E-state index in [0.29, 0.717) is 21.5 Å². The second-order valence-electron chi connectivity index (χ2n) is 6.05. The summed E-state index contributed by atoms with van der Waals surface area (Å²) in [7, 11) is 1.37. The van der Waals surface area contributed by atoms with Gasteiger partial charge in [0.2, 0.25) is 6.79 Å². The highest BCUT2D eigenvalue weighted by Gasteiger charge is 2.37. The Morgan fingerprint density at radius 3 is 2.69 bits per heavy atom. The summed E-state index contributed by atoms with van der Waals surface area (Å²) in [5.41, 5.74) is 0.367. The number of nitrogens with zero attached hydrogens (tertiary/aromatic N) is 1. The van der Waals surface area contributed by atoms with Crippen LogP contribution < -0.4 is 24.4 Å². The summed E-state index contributed by atoms with van der Waals surface area (Å²) in [4.78, 5) is 38.4. The van der Waals surface area contributed by atoms with Crippen molar-refractivity contribution in [2.75, 3.05) is 18.8 Å². The van der Waals surface area contributed by atoms with Crippen LogP contribution in [0.4, 0.5) is 10.5 Å². The van der Waals surface area contributed by atoms with Crippen molar-refractivity contribution >= 4 is 45.5 Å². The van der Waals surface area contributed by atoms with E-state index in [1.807, 2.05) is 0 Å². The summed E-state index contributed by atoms with van der Waals surface area (Å²) < 4.78 is 15.9. The third-order valence-electron chi connectivity index (χ3n) is 4.30. The van der Waals surface area contributed by atoms with E-state index < -0.39 is 17.8 Å². The maximum Gasteiger partial charge on any atom is 0.335 e. The van der Waals surface area contributed by atoms with Crippen molar-refractivity contribution in [1.29, 1.82) is 0 Å². The number of phenols is 1. The van der Waals surface area contributed by atoms with Gasteiger partial charge in [0.1, 0.15) is 5.57 Å².